The summed E-state index contributed by atoms with van der Waals surface area (Å²) in [6.07, 6.45) is 15.3. The lowest BCUT2D eigenvalue weighted by Gasteiger charge is -2.37. The summed E-state index contributed by atoms with van der Waals surface area (Å²) in [7, 11) is 0. The van der Waals surface area contributed by atoms with Gasteiger partial charge in [0.2, 0.25) is 0 Å². The van der Waals surface area contributed by atoms with Crippen molar-refractivity contribution in [2.24, 2.45) is 23.7 Å². The lowest BCUT2D eigenvalue weighted by Crippen LogP contribution is -2.30. The van der Waals surface area contributed by atoms with Gasteiger partial charge in [0.05, 0.1) is 5.92 Å². The number of carbonyl (C=O) groups is 1. The second-order valence-corrected chi connectivity index (χ2v) is 8.07. The summed E-state index contributed by atoms with van der Waals surface area (Å²) in [5.41, 5.74) is 0. The Kier molecular flexibility index (Phi) is 6.87. The van der Waals surface area contributed by atoms with Crippen molar-refractivity contribution >= 4 is 5.97 Å². The molecule has 0 atom stereocenters. The average Bonchev–Trinajstić information content (AvgIpc) is 2.68. The van der Waals surface area contributed by atoms with Gasteiger partial charge in [-0.1, -0.05) is 12.2 Å². The molecule has 2 aliphatic rings. The molecule has 0 aliphatic heterocycles. The highest BCUT2D eigenvalue weighted by atomic mass is 19.1. The van der Waals surface area contributed by atoms with E-state index >= 15 is 0 Å². The molecule has 0 aromatic heterocycles. The Labute approximate surface area is 156 Å². The largest absolute Gasteiger partial charge is 0.426 e. The van der Waals surface area contributed by atoms with Crippen LogP contribution in [0.4, 0.5) is 4.39 Å². The van der Waals surface area contributed by atoms with Crippen molar-refractivity contribution in [3.05, 3.63) is 42.2 Å². The summed E-state index contributed by atoms with van der Waals surface area (Å²) in [5.74, 6) is 2.50. The smallest absolute Gasteiger partial charge is 0.314 e. The van der Waals surface area contributed by atoms with Gasteiger partial charge in [-0.15, -0.1) is 0 Å². The molecule has 0 bridgehead atoms. The van der Waals surface area contributed by atoms with E-state index in [2.05, 4.69) is 19.1 Å². The first-order valence-corrected chi connectivity index (χ1v) is 10.2. The molecule has 2 fully saturated rings. The zero-order chi connectivity index (χ0) is 18.4. The Morgan fingerprint density at radius 2 is 1.58 bits per heavy atom. The molecule has 26 heavy (non-hydrogen) atoms. The fraction of sp³-hybridized carbons (Fsp3) is 0.609. The Bertz CT molecular complexity index is 591. The molecule has 2 saturated carbocycles. The summed E-state index contributed by atoms with van der Waals surface area (Å²) in [5, 5.41) is 0. The Morgan fingerprint density at radius 1 is 1.00 bits per heavy atom. The zero-order valence-electron chi connectivity index (χ0n) is 15.8. The maximum absolute atomic E-state index is 12.9. The highest BCUT2D eigenvalue weighted by molar-refractivity contribution is 5.75. The second-order valence-electron chi connectivity index (χ2n) is 8.07. The number of hydrogen-bond donors (Lipinski definition) is 0. The number of ether oxygens (including phenoxy) is 1. The van der Waals surface area contributed by atoms with Crippen LogP contribution in [0.15, 0.2) is 36.4 Å². The molecule has 2 nitrogen and oxygen atoms in total. The van der Waals surface area contributed by atoms with Crippen LogP contribution in [-0.2, 0) is 4.79 Å². The van der Waals surface area contributed by atoms with E-state index in [-0.39, 0.29) is 17.7 Å². The molecule has 0 unspecified atom stereocenters. The molecule has 0 amide bonds. The third-order valence-corrected chi connectivity index (χ3v) is 6.40. The molecule has 3 heteroatoms. The van der Waals surface area contributed by atoms with E-state index in [1.165, 1.54) is 56.4 Å². The van der Waals surface area contributed by atoms with Crippen molar-refractivity contribution in [3.8, 4) is 5.75 Å². The van der Waals surface area contributed by atoms with Crippen molar-refractivity contribution < 1.29 is 13.9 Å². The SMILES string of the molecule is CC=CCC1CCC(C2CCC(C(=O)Oc3ccc(F)cc3)CC2)CC1. The summed E-state index contributed by atoms with van der Waals surface area (Å²) < 4.78 is 18.4. The van der Waals surface area contributed by atoms with Crippen LogP contribution in [0.3, 0.4) is 0 Å². The molecule has 0 spiro atoms. The van der Waals surface area contributed by atoms with E-state index in [4.69, 9.17) is 4.74 Å². The molecular weight excluding hydrogens is 327 g/mol. The molecule has 1 aromatic carbocycles. The van der Waals surface area contributed by atoms with Crippen molar-refractivity contribution in [1.82, 2.24) is 0 Å². The number of carbonyl (C=O) groups excluding carboxylic acids is 1. The molecule has 2 aliphatic carbocycles. The predicted molar refractivity (Wildman–Crippen MR) is 102 cm³/mol. The normalized spacial score (nSPS) is 29.6. The van der Waals surface area contributed by atoms with Crippen LogP contribution in [-0.4, -0.2) is 5.97 Å². The lowest BCUT2D eigenvalue weighted by molar-refractivity contribution is -0.140. The van der Waals surface area contributed by atoms with Gasteiger partial charge in [0, 0.05) is 0 Å². The minimum Gasteiger partial charge on any atom is -0.426 e. The van der Waals surface area contributed by atoms with Gasteiger partial charge in [-0.2, -0.15) is 0 Å². The summed E-state index contributed by atoms with van der Waals surface area (Å²) in [4.78, 5) is 12.4. The molecule has 3 rings (SSSR count). The highest BCUT2D eigenvalue weighted by Gasteiger charge is 2.33. The van der Waals surface area contributed by atoms with E-state index in [1.54, 1.807) is 0 Å². The fourth-order valence-corrected chi connectivity index (χ4v) is 4.75. The van der Waals surface area contributed by atoms with Gasteiger partial charge in [0.25, 0.3) is 0 Å². The van der Waals surface area contributed by atoms with Gasteiger partial charge < -0.3 is 4.74 Å². The first-order valence-electron chi connectivity index (χ1n) is 10.2. The molecule has 0 heterocycles. The highest BCUT2D eigenvalue weighted by Crippen LogP contribution is 2.42. The standard InChI is InChI=1S/C23H31FO2/c1-2-3-4-17-5-7-18(8-6-17)19-9-11-20(12-10-19)23(25)26-22-15-13-21(24)14-16-22/h2-3,13-20H,4-12H2,1H3. The summed E-state index contributed by atoms with van der Waals surface area (Å²) in [6, 6.07) is 5.69. The van der Waals surface area contributed by atoms with Crippen LogP contribution in [0.5, 0.6) is 5.75 Å². The average molecular weight is 358 g/mol. The Hall–Kier alpha value is -1.64. The molecular formula is C23H31FO2. The Morgan fingerprint density at radius 3 is 2.15 bits per heavy atom. The summed E-state index contributed by atoms with van der Waals surface area (Å²) in [6.45, 7) is 2.10. The van der Waals surface area contributed by atoms with E-state index in [0.717, 1.165) is 43.4 Å². The molecule has 0 saturated heterocycles. The van der Waals surface area contributed by atoms with Crippen molar-refractivity contribution in [3.63, 3.8) is 0 Å². The van der Waals surface area contributed by atoms with E-state index in [0.29, 0.717) is 5.75 Å². The Balaban J connectivity index is 1.41. The molecule has 0 radical (unpaired) electrons. The third-order valence-electron chi connectivity index (χ3n) is 6.40. The van der Waals surface area contributed by atoms with Crippen LogP contribution in [0.1, 0.15) is 64.7 Å². The van der Waals surface area contributed by atoms with Gasteiger partial charge in [-0.25, -0.2) is 4.39 Å². The number of esters is 1. The van der Waals surface area contributed by atoms with Gasteiger partial charge in [-0.3, -0.25) is 4.79 Å². The minimum absolute atomic E-state index is 0.00216. The van der Waals surface area contributed by atoms with Crippen LogP contribution >= 0.6 is 0 Å². The number of rotatable bonds is 5. The molecule has 1 aromatic rings. The van der Waals surface area contributed by atoms with E-state index in [9.17, 15) is 9.18 Å². The number of halogens is 1. The van der Waals surface area contributed by atoms with Gasteiger partial charge in [0.15, 0.2) is 0 Å². The maximum atomic E-state index is 12.9. The van der Waals surface area contributed by atoms with Crippen LogP contribution < -0.4 is 4.74 Å². The van der Waals surface area contributed by atoms with Gasteiger partial charge in [0.1, 0.15) is 11.6 Å². The number of allylic oxidation sites excluding steroid dienone is 2. The monoisotopic (exact) mass is 358 g/mol. The maximum Gasteiger partial charge on any atom is 0.314 e. The quantitative estimate of drug-likeness (QED) is 0.350. The zero-order valence-corrected chi connectivity index (χ0v) is 15.8. The predicted octanol–water partition coefficient (Wildman–Crippen LogP) is 6.31. The third kappa shape index (κ3) is 5.18. The first kappa shape index (κ1) is 19.1. The second kappa shape index (κ2) is 9.34. The van der Waals surface area contributed by atoms with Crippen molar-refractivity contribution in [2.45, 2.75) is 64.7 Å². The summed E-state index contributed by atoms with van der Waals surface area (Å²) >= 11 is 0. The van der Waals surface area contributed by atoms with Crippen LogP contribution in [0, 0.1) is 29.5 Å². The van der Waals surface area contributed by atoms with Crippen molar-refractivity contribution in [1.29, 1.82) is 0 Å². The minimum atomic E-state index is -0.314. The molecule has 0 N–H and O–H groups in total. The first-order chi connectivity index (χ1) is 12.7. The van der Waals surface area contributed by atoms with Crippen LogP contribution in [0.25, 0.3) is 0 Å². The topological polar surface area (TPSA) is 26.3 Å². The number of hydrogen-bond acceptors (Lipinski definition) is 2. The number of benzene rings is 1. The lowest BCUT2D eigenvalue weighted by atomic mass is 9.69. The van der Waals surface area contributed by atoms with Crippen molar-refractivity contribution in [2.75, 3.05) is 0 Å². The van der Waals surface area contributed by atoms with E-state index in [1.807, 2.05) is 0 Å². The van der Waals surface area contributed by atoms with Gasteiger partial charge in [-0.05, 0) is 107 Å². The fourth-order valence-electron chi connectivity index (χ4n) is 4.75. The van der Waals surface area contributed by atoms with E-state index < -0.39 is 0 Å². The van der Waals surface area contributed by atoms with Crippen LogP contribution in [0.2, 0.25) is 0 Å². The molecule has 142 valence electrons. The van der Waals surface area contributed by atoms with Gasteiger partial charge >= 0.3 is 5.97 Å².